The molecule has 1 aliphatic rings. The Bertz CT molecular complexity index is 1070. The number of benzene rings is 1. The summed E-state index contributed by atoms with van der Waals surface area (Å²) in [6.45, 7) is 9.26. The fourth-order valence-electron chi connectivity index (χ4n) is 4.70. The molecular weight excluding hydrogens is 569 g/mol. The van der Waals surface area contributed by atoms with Gasteiger partial charge in [0.1, 0.15) is 5.75 Å². The third-order valence-corrected chi connectivity index (χ3v) is 7.23. The van der Waals surface area contributed by atoms with Crippen LogP contribution in [0.3, 0.4) is 0 Å². The second kappa shape index (κ2) is 16.7. The van der Waals surface area contributed by atoms with E-state index in [1.165, 1.54) is 16.8 Å². The molecule has 0 unspecified atom stereocenters. The molecule has 10 nitrogen and oxygen atoms in total. The second-order valence-electron chi connectivity index (χ2n) is 11.7. The summed E-state index contributed by atoms with van der Waals surface area (Å²) in [4.78, 5) is 41.6. The van der Waals surface area contributed by atoms with Crippen LogP contribution in [-0.2, 0) is 9.53 Å². The van der Waals surface area contributed by atoms with E-state index in [0.29, 0.717) is 30.9 Å². The first-order valence-corrected chi connectivity index (χ1v) is 14.8. The van der Waals surface area contributed by atoms with E-state index in [0.717, 1.165) is 6.42 Å². The fraction of sp³-hybridized carbons (Fsp3) is 0.700. The number of amides is 4. The van der Waals surface area contributed by atoms with Crippen molar-refractivity contribution in [1.82, 2.24) is 15.1 Å². The Morgan fingerprint density at radius 2 is 1.88 bits per heavy atom. The quantitative estimate of drug-likeness (QED) is 0.386. The van der Waals surface area contributed by atoms with Gasteiger partial charge in [-0.3, -0.25) is 9.59 Å². The summed E-state index contributed by atoms with van der Waals surface area (Å²) < 4.78 is 50.4. The highest BCUT2D eigenvalue weighted by Crippen LogP contribution is 2.29. The Labute approximate surface area is 252 Å². The van der Waals surface area contributed by atoms with Crippen molar-refractivity contribution in [3.63, 3.8) is 0 Å². The highest BCUT2D eigenvalue weighted by molar-refractivity contribution is 5.99. The van der Waals surface area contributed by atoms with Crippen LogP contribution < -0.4 is 15.4 Å². The summed E-state index contributed by atoms with van der Waals surface area (Å²) in [5.74, 6) is -1.10. The minimum atomic E-state index is -4.43. The van der Waals surface area contributed by atoms with Crippen LogP contribution in [0, 0.1) is 5.92 Å². The largest absolute Gasteiger partial charge is 0.490 e. The van der Waals surface area contributed by atoms with Crippen LogP contribution >= 0.6 is 0 Å². The topological polar surface area (TPSA) is 120 Å². The molecule has 1 aromatic rings. The number of nitrogens with zero attached hydrogens (tertiary/aromatic N) is 2. The van der Waals surface area contributed by atoms with Gasteiger partial charge in [0.15, 0.2) is 0 Å². The number of alkyl halides is 3. The number of nitrogens with one attached hydrogen (secondary N) is 2. The lowest BCUT2D eigenvalue weighted by molar-refractivity contribution is -0.149. The highest BCUT2D eigenvalue weighted by Gasteiger charge is 2.32. The first kappa shape index (κ1) is 36.1. The molecule has 0 aromatic heterocycles. The zero-order chi connectivity index (χ0) is 32.3. The Balaban J connectivity index is 2.40. The molecule has 2 rings (SSSR count). The summed E-state index contributed by atoms with van der Waals surface area (Å²) in [5.41, 5.74) is 0.586. The van der Waals surface area contributed by atoms with Gasteiger partial charge in [0.2, 0.25) is 5.91 Å². The SMILES string of the molecule is CC(C)NC(=O)Nc1ccc2c(c1)C(=O)N([C@H](C)CO)C[C@H](C)[C@@H](CN(C)C(=O)CCC(F)(F)F)OCCCC[C@H](C)O2. The molecule has 43 heavy (non-hydrogen) atoms. The third-order valence-electron chi connectivity index (χ3n) is 7.23. The number of ether oxygens (including phenoxy) is 2. The van der Waals surface area contributed by atoms with E-state index in [2.05, 4.69) is 10.6 Å². The average Bonchev–Trinajstić information content (AvgIpc) is 2.92. The van der Waals surface area contributed by atoms with Crippen molar-refractivity contribution in [3.8, 4) is 5.75 Å². The van der Waals surface area contributed by atoms with E-state index in [-0.39, 0.29) is 43.3 Å². The lowest BCUT2D eigenvalue weighted by atomic mass is 10.0. The third kappa shape index (κ3) is 12.2. The van der Waals surface area contributed by atoms with E-state index >= 15 is 0 Å². The maximum absolute atomic E-state index is 14.1. The molecule has 0 bridgehead atoms. The summed E-state index contributed by atoms with van der Waals surface area (Å²) >= 11 is 0. The van der Waals surface area contributed by atoms with E-state index in [1.807, 2.05) is 27.7 Å². The van der Waals surface area contributed by atoms with Crippen LogP contribution in [0.4, 0.5) is 23.7 Å². The van der Waals surface area contributed by atoms with Crippen LogP contribution in [0.1, 0.15) is 77.1 Å². The summed E-state index contributed by atoms with van der Waals surface area (Å²) in [7, 11) is 1.44. The van der Waals surface area contributed by atoms with Gasteiger partial charge in [-0.1, -0.05) is 6.92 Å². The number of aliphatic hydroxyl groups excluding tert-OH is 1. The monoisotopic (exact) mass is 616 g/mol. The molecule has 0 saturated carbocycles. The van der Waals surface area contributed by atoms with Crippen molar-refractivity contribution >= 4 is 23.5 Å². The molecule has 0 spiro atoms. The normalized spacial score (nSPS) is 21.3. The van der Waals surface area contributed by atoms with Crippen molar-refractivity contribution in [2.24, 2.45) is 5.92 Å². The van der Waals surface area contributed by atoms with Crippen molar-refractivity contribution in [1.29, 1.82) is 0 Å². The number of carbonyl (C=O) groups excluding carboxylic acids is 3. The molecule has 0 saturated heterocycles. The van der Waals surface area contributed by atoms with Gasteiger partial charge in [-0.05, 0) is 65.2 Å². The molecule has 13 heteroatoms. The van der Waals surface area contributed by atoms with Crippen LogP contribution in [0.25, 0.3) is 0 Å². The number of urea groups is 1. The lowest BCUT2D eigenvalue weighted by Gasteiger charge is -2.36. The van der Waals surface area contributed by atoms with E-state index in [4.69, 9.17) is 9.47 Å². The number of likely N-dealkylation sites (N-methyl/N-ethyl adjacent to an activating group) is 1. The Kier molecular flexibility index (Phi) is 14.0. The Hall–Kier alpha value is -3.06. The van der Waals surface area contributed by atoms with Gasteiger partial charge >= 0.3 is 12.2 Å². The smallest absolute Gasteiger partial charge is 0.389 e. The number of hydrogen-bond donors (Lipinski definition) is 3. The first-order valence-electron chi connectivity index (χ1n) is 14.8. The number of anilines is 1. The van der Waals surface area contributed by atoms with Gasteiger partial charge < -0.3 is 35.0 Å². The fourth-order valence-corrected chi connectivity index (χ4v) is 4.70. The number of rotatable bonds is 8. The summed E-state index contributed by atoms with van der Waals surface area (Å²) in [5, 5.41) is 15.5. The molecule has 0 fully saturated rings. The van der Waals surface area contributed by atoms with Crippen LogP contribution in [0.15, 0.2) is 18.2 Å². The minimum absolute atomic E-state index is 0.0442. The van der Waals surface area contributed by atoms with Gasteiger partial charge in [0.05, 0.1) is 36.8 Å². The van der Waals surface area contributed by atoms with Gasteiger partial charge in [-0.2, -0.15) is 13.2 Å². The molecule has 1 heterocycles. The number of hydrogen-bond acceptors (Lipinski definition) is 6. The molecule has 0 aliphatic carbocycles. The second-order valence-corrected chi connectivity index (χ2v) is 11.7. The molecule has 1 aromatic carbocycles. The van der Waals surface area contributed by atoms with Crippen LogP contribution in [0.2, 0.25) is 0 Å². The van der Waals surface area contributed by atoms with Crippen molar-refractivity contribution < 1.29 is 42.1 Å². The molecule has 3 N–H and O–H groups in total. The van der Waals surface area contributed by atoms with Crippen LogP contribution in [0.5, 0.6) is 5.75 Å². The van der Waals surface area contributed by atoms with Crippen molar-refractivity contribution in [3.05, 3.63) is 23.8 Å². The van der Waals surface area contributed by atoms with Gasteiger partial charge in [-0.15, -0.1) is 0 Å². The lowest BCUT2D eigenvalue weighted by Crippen LogP contribution is -2.48. The molecule has 1 aliphatic heterocycles. The number of aliphatic hydroxyl groups is 1. The predicted molar refractivity (Wildman–Crippen MR) is 157 cm³/mol. The van der Waals surface area contributed by atoms with E-state index in [9.17, 15) is 32.7 Å². The minimum Gasteiger partial charge on any atom is -0.490 e. The number of halogens is 3. The predicted octanol–water partition coefficient (Wildman–Crippen LogP) is 4.81. The van der Waals surface area contributed by atoms with E-state index in [1.54, 1.807) is 25.1 Å². The van der Waals surface area contributed by atoms with Gasteiger partial charge in [0.25, 0.3) is 5.91 Å². The van der Waals surface area contributed by atoms with Crippen molar-refractivity contribution in [2.75, 3.05) is 38.7 Å². The Morgan fingerprint density at radius 1 is 1.19 bits per heavy atom. The standard InChI is InChI=1S/C30H47F3N4O6/c1-19(2)34-29(41)35-23-10-11-25-24(15-23)28(40)37(21(4)18-38)16-20(3)26(42-14-8-7-9-22(5)43-25)17-36(6)27(39)12-13-30(31,32)33/h10-11,15,19-22,26,38H,7-9,12-14,16-18H2,1-6H3,(H2,34,35,41)/t20-,21+,22-,26+/m0/s1. The zero-order valence-corrected chi connectivity index (χ0v) is 26.0. The summed E-state index contributed by atoms with van der Waals surface area (Å²) in [6.07, 6.45) is -5.00. The number of carbonyl (C=O) groups is 3. The molecular formula is C30H47F3N4O6. The van der Waals surface area contributed by atoms with Crippen LogP contribution in [-0.4, -0.2) is 96.6 Å². The number of fused-ring (bicyclic) bond motifs is 1. The van der Waals surface area contributed by atoms with Gasteiger partial charge in [0, 0.05) is 50.8 Å². The summed E-state index contributed by atoms with van der Waals surface area (Å²) in [6, 6.07) is 3.69. The molecule has 0 radical (unpaired) electrons. The van der Waals surface area contributed by atoms with Gasteiger partial charge in [-0.25, -0.2) is 4.79 Å². The average molecular weight is 617 g/mol. The van der Waals surface area contributed by atoms with Crippen molar-refractivity contribution in [2.45, 2.75) is 97.2 Å². The highest BCUT2D eigenvalue weighted by atomic mass is 19.4. The Morgan fingerprint density at radius 3 is 2.51 bits per heavy atom. The first-order chi connectivity index (χ1) is 20.1. The molecule has 4 atom stereocenters. The molecule has 4 amide bonds. The zero-order valence-electron chi connectivity index (χ0n) is 26.0. The van der Waals surface area contributed by atoms with E-state index < -0.39 is 49.0 Å². The maximum atomic E-state index is 14.1. The molecule has 244 valence electrons. The maximum Gasteiger partial charge on any atom is 0.389 e.